The topological polar surface area (TPSA) is 68.1 Å². The van der Waals surface area contributed by atoms with Crippen LogP contribution >= 0.6 is 0 Å². The van der Waals surface area contributed by atoms with Crippen LogP contribution in [0.5, 0.6) is 0 Å². The van der Waals surface area contributed by atoms with E-state index >= 15 is 0 Å². The first kappa shape index (κ1) is 15.7. The molecule has 128 valence electrons. The summed E-state index contributed by atoms with van der Waals surface area (Å²) in [5.41, 5.74) is 0.346. The molecule has 0 radical (unpaired) electrons. The van der Waals surface area contributed by atoms with Gasteiger partial charge in [0.05, 0.1) is 23.3 Å². The Morgan fingerprint density at radius 3 is 2.29 bits per heavy atom. The molecule has 1 aromatic heterocycles. The molecule has 0 spiro atoms. The zero-order valence-electron chi connectivity index (χ0n) is 13.3. The molecule has 2 atom stereocenters. The molecule has 1 aromatic carbocycles. The molecule has 8 heteroatoms. The lowest BCUT2D eigenvalue weighted by atomic mass is 10.0. The number of halogens is 1. The molecule has 2 aliphatic rings. The minimum Gasteiger partial charge on any atom is -0.207 e. The number of hydrogen-bond acceptors (Lipinski definition) is 4. The third-order valence-electron chi connectivity index (χ3n) is 5.11. The van der Waals surface area contributed by atoms with Crippen molar-refractivity contribution < 1.29 is 12.8 Å². The molecule has 2 unspecified atom stereocenters. The second kappa shape index (κ2) is 5.63. The summed E-state index contributed by atoms with van der Waals surface area (Å²) in [6.45, 7) is 1.58. The van der Waals surface area contributed by atoms with E-state index in [-0.39, 0.29) is 28.8 Å². The summed E-state index contributed by atoms with van der Waals surface area (Å²) in [4.78, 5) is 1.87. The van der Waals surface area contributed by atoms with Crippen LogP contribution in [0.15, 0.2) is 35.5 Å². The Labute approximate surface area is 140 Å². The minimum atomic E-state index is -3.61. The number of benzene rings is 1. The van der Waals surface area contributed by atoms with Crippen LogP contribution in [0, 0.1) is 12.7 Å². The van der Waals surface area contributed by atoms with Crippen LogP contribution in [-0.4, -0.2) is 39.8 Å². The van der Waals surface area contributed by atoms with Gasteiger partial charge in [0.1, 0.15) is 5.82 Å². The van der Waals surface area contributed by atoms with Crippen LogP contribution in [0.2, 0.25) is 0 Å². The molecule has 0 saturated carbocycles. The van der Waals surface area contributed by atoms with Gasteiger partial charge in [0.15, 0.2) is 0 Å². The van der Waals surface area contributed by atoms with Crippen LogP contribution in [0.1, 0.15) is 37.3 Å². The molecule has 3 heterocycles. The molecule has 2 fully saturated rings. The molecule has 2 saturated heterocycles. The highest BCUT2D eigenvalue weighted by atomic mass is 32.2. The molecule has 0 N–H and O–H groups in total. The van der Waals surface area contributed by atoms with Crippen molar-refractivity contribution in [1.29, 1.82) is 0 Å². The highest BCUT2D eigenvalue weighted by Gasteiger charge is 2.48. The van der Waals surface area contributed by atoms with Gasteiger partial charge >= 0.3 is 0 Å². The summed E-state index contributed by atoms with van der Waals surface area (Å²) in [7, 11) is -3.61. The molecular formula is C16H19FN4O2S. The highest BCUT2D eigenvalue weighted by Crippen LogP contribution is 2.43. The number of aryl methyl sites for hydroxylation is 1. The van der Waals surface area contributed by atoms with Crippen molar-refractivity contribution in [2.24, 2.45) is 0 Å². The fourth-order valence-corrected chi connectivity index (χ4v) is 5.98. The zero-order valence-corrected chi connectivity index (χ0v) is 14.2. The number of aromatic nitrogens is 3. The Hall–Kier alpha value is -1.80. The average molecular weight is 350 g/mol. The monoisotopic (exact) mass is 350 g/mol. The van der Waals surface area contributed by atoms with Crippen molar-refractivity contribution in [2.75, 3.05) is 0 Å². The van der Waals surface area contributed by atoms with Gasteiger partial charge in [-0.05, 0) is 56.4 Å². The van der Waals surface area contributed by atoms with Crippen LogP contribution in [0.25, 0.3) is 0 Å². The van der Waals surface area contributed by atoms with Crippen LogP contribution in [-0.2, 0) is 10.0 Å². The molecule has 0 amide bonds. The average Bonchev–Trinajstić information content (AvgIpc) is 3.17. The molecule has 2 aromatic rings. The summed E-state index contributed by atoms with van der Waals surface area (Å²) in [6, 6.07) is 4.05. The lowest BCUT2D eigenvalue weighted by molar-refractivity contribution is 0.174. The highest BCUT2D eigenvalue weighted by molar-refractivity contribution is 7.89. The van der Waals surface area contributed by atoms with Crippen molar-refractivity contribution in [3.63, 3.8) is 0 Å². The lowest BCUT2D eigenvalue weighted by Gasteiger charge is -2.37. The summed E-state index contributed by atoms with van der Waals surface area (Å²) >= 11 is 0. The number of fused-ring (bicyclic) bond motifs is 2. The van der Waals surface area contributed by atoms with E-state index in [1.54, 1.807) is 28.4 Å². The molecule has 2 bridgehead atoms. The summed E-state index contributed by atoms with van der Waals surface area (Å²) < 4.78 is 41.3. The number of hydrogen-bond donors (Lipinski definition) is 0. The third kappa shape index (κ3) is 2.44. The van der Waals surface area contributed by atoms with E-state index < -0.39 is 10.0 Å². The predicted molar refractivity (Wildman–Crippen MR) is 85.3 cm³/mol. The van der Waals surface area contributed by atoms with E-state index in [4.69, 9.17) is 0 Å². The standard InChI is InChI=1S/C16H19FN4O2S/c1-11-8-15(4-5-16(11)17)24(22,23)20-12-2-3-13(20)10-14(9-12)21-18-6-7-19-21/h4-8,12-14H,2-3,9-10H2,1H3. The Bertz CT molecular complexity index is 839. The quantitative estimate of drug-likeness (QED) is 0.852. The third-order valence-corrected chi connectivity index (χ3v) is 7.11. The number of sulfonamides is 1. The maximum Gasteiger partial charge on any atom is 0.243 e. The van der Waals surface area contributed by atoms with E-state index in [1.807, 2.05) is 0 Å². The normalized spacial score (nSPS) is 27.5. The van der Waals surface area contributed by atoms with Gasteiger partial charge in [-0.25, -0.2) is 12.8 Å². The summed E-state index contributed by atoms with van der Waals surface area (Å²) in [5, 5.41) is 8.40. The van der Waals surface area contributed by atoms with E-state index in [0.29, 0.717) is 18.4 Å². The van der Waals surface area contributed by atoms with Crippen LogP contribution in [0.4, 0.5) is 4.39 Å². The molecular weight excluding hydrogens is 331 g/mol. The van der Waals surface area contributed by atoms with Gasteiger partial charge in [0.25, 0.3) is 0 Å². The van der Waals surface area contributed by atoms with Gasteiger partial charge in [0, 0.05) is 12.1 Å². The van der Waals surface area contributed by atoms with Crippen LogP contribution in [0.3, 0.4) is 0 Å². The molecule has 24 heavy (non-hydrogen) atoms. The maximum atomic E-state index is 13.5. The van der Waals surface area contributed by atoms with Crippen molar-refractivity contribution >= 4 is 10.0 Å². The van der Waals surface area contributed by atoms with E-state index in [1.165, 1.54) is 18.2 Å². The first-order chi connectivity index (χ1) is 11.5. The first-order valence-corrected chi connectivity index (χ1v) is 9.56. The van der Waals surface area contributed by atoms with E-state index in [9.17, 15) is 12.8 Å². The Balaban J connectivity index is 1.64. The predicted octanol–water partition coefficient (Wildman–Crippen LogP) is 2.28. The number of rotatable bonds is 3. The van der Waals surface area contributed by atoms with Crippen molar-refractivity contribution in [3.8, 4) is 0 Å². The lowest BCUT2D eigenvalue weighted by Crippen LogP contribution is -2.47. The maximum absolute atomic E-state index is 13.5. The Morgan fingerprint density at radius 2 is 1.71 bits per heavy atom. The van der Waals surface area contributed by atoms with Gasteiger partial charge in [-0.2, -0.15) is 19.3 Å². The smallest absolute Gasteiger partial charge is 0.207 e. The number of piperidine rings is 1. The second-order valence-electron chi connectivity index (χ2n) is 6.61. The Morgan fingerprint density at radius 1 is 1.08 bits per heavy atom. The molecule has 4 rings (SSSR count). The van der Waals surface area contributed by atoms with Crippen molar-refractivity contribution in [2.45, 2.75) is 55.6 Å². The summed E-state index contributed by atoms with van der Waals surface area (Å²) in [5.74, 6) is -0.389. The van der Waals surface area contributed by atoms with Gasteiger partial charge in [0.2, 0.25) is 10.0 Å². The number of nitrogens with zero attached hydrogens (tertiary/aromatic N) is 4. The van der Waals surface area contributed by atoms with Crippen molar-refractivity contribution in [1.82, 2.24) is 19.3 Å². The fourth-order valence-electron chi connectivity index (χ4n) is 4.00. The first-order valence-electron chi connectivity index (χ1n) is 8.12. The van der Waals surface area contributed by atoms with Gasteiger partial charge < -0.3 is 0 Å². The molecule has 0 aliphatic carbocycles. The van der Waals surface area contributed by atoms with Crippen molar-refractivity contribution in [3.05, 3.63) is 42.0 Å². The molecule has 2 aliphatic heterocycles. The van der Waals surface area contributed by atoms with Gasteiger partial charge in [-0.3, -0.25) is 0 Å². The van der Waals surface area contributed by atoms with Crippen LogP contribution < -0.4 is 0 Å². The second-order valence-corrected chi connectivity index (χ2v) is 8.45. The SMILES string of the molecule is Cc1cc(S(=O)(=O)N2C3CCC2CC(n2nccn2)C3)ccc1F. The molecule has 6 nitrogen and oxygen atoms in total. The Kier molecular flexibility index (Phi) is 3.69. The fraction of sp³-hybridized carbons (Fsp3) is 0.500. The zero-order chi connectivity index (χ0) is 16.9. The van der Waals surface area contributed by atoms with E-state index in [2.05, 4.69) is 10.2 Å². The summed E-state index contributed by atoms with van der Waals surface area (Å²) in [6.07, 6.45) is 6.41. The van der Waals surface area contributed by atoms with E-state index in [0.717, 1.165) is 12.8 Å². The largest absolute Gasteiger partial charge is 0.243 e. The van der Waals surface area contributed by atoms with Gasteiger partial charge in [-0.15, -0.1) is 0 Å². The van der Waals surface area contributed by atoms with Gasteiger partial charge in [-0.1, -0.05) is 0 Å². The minimum absolute atomic E-state index is 0.0462.